The van der Waals surface area contributed by atoms with E-state index in [1.54, 1.807) is 36.4 Å². The van der Waals surface area contributed by atoms with E-state index in [2.05, 4.69) is 10.3 Å². The highest BCUT2D eigenvalue weighted by molar-refractivity contribution is 7.94. The summed E-state index contributed by atoms with van der Waals surface area (Å²) in [4.78, 5) is 63.7. The van der Waals surface area contributed by atoms with Gasteiger partial charge in [0.05, 0.1) is 9.79 Å². The first kappa shape index (κ1) is 63.1. The van der Waals surface area contributed by atoms with E-state index in [-0.39, 0.29) is 81.2 Å². The molecule has 6 aromatic carbocycles. The van der Waals surface area contributed by atoms with Crippen molar-refractivity contribution in [3.05, 3.63) is 181 Å². The third kappa shape index (κ3) is 16.5. The number of likely N-dealkylation sites (tertiary alicyclic amines) is 2. The number of hydrogen-bond donors (Lipinski definition) is 3. The second-order valence-corrected chi connectivity index (χ2v) is 24.9. The largest absolute Gasteiger partial charge is 0.480 e. The van der Waals surface area contributed by atoms with Crippen molar-refractivity contribution >= 4 is 43.7 Å². The predicted molar refractivity (Wildman–Crippen MR) is 310 cm³/mol. The van der Waals surface area contributed by atoms with Gasteiger partial charge in [-0.1, -0.05) is 97.1 Å². The van der Waals surface area contributed by atoms with Crippen molar-refractivity contribution in [2.45, 2.75) is 109 Å². The minimum absolute atomic E-state index is 0.00933. The first-order chi connectivity index (χ1) is 41.1. The number of sulfone groups is 2. The van der Waals surface area contributed by atoms with Crippen LogP contribution in [0.1, 0.15) is 75.3 Å². The average Bonchev–Trinajstić information content (AvgIpc) is 1.55. The Kier molecular flexibility index (Phi) is 22.5. The van der Waals surface area contributed by atoms with Crippen LogP contribution in [0.15, 0.2) is 180 Å². The van der Waals surface area contributed by atoms with Gasteiger partial charge in [0.15, 0.2) is 41.7 Å². The van der Waals surface area contributed by atoms with Gasteiger partial charge in [0.25, 0.3) is 5.91 Å². The number of nitrogens with one attached hydrogen (secondary N) is 1. The molecule has 0 radical (unpaired) electrons. The van der Waals surface area contributed by atoms with Gasteiger partial charge in [0.2, 0.25) is 0 Å². The Morgan fingerprint density at radius 1 is 0.506 bits per heavy atom. The quantitative estimate of drug-likeness (QED) is 0.0716. The number of piperidine rings is 2. The zero-order valence-corrected chi connectivity index (χ0v) is 48.4. The predicted octanol–water partition coefficient (Wildman–Crippen LogP) is 9.91. The van der Waals surface area contributed by atoms with Crippen LogP contribution in [-0.2, 0) is 71.1 Å². The number of para-hydroxylation sites is 2. The fourth-order valence-electron chi connectivity index (χ4n) is 9.85. The Hall–Kier alpha value is -7.90. The number of nitrogens with two attached hydrogens (primary N) is 1. The number of hydrogen-bond acceptors (Lipinski definition) is 17. The Morgan fingerprint density at radius 3 is 1.24 bits per heavy atom. The van der Waals surface area contributed by atoms with E-state index in [0.29, 0.717) is 36.0 Å². The van der Waals surface area contributed by atoms with E-state index in [1.165, 1.54) is 52.6 Å². The lowest BCUT2D eigenvalue weighted by Crippen LogP contribution is -2.59. The normalized spacial score (nSPS) is 18.3. The van der Waals surface area contributed by atoms with Crippen LogP contribution in [0.25, 0.3) is 0 Å². The fourth-order valence-corrected chi connectivity index (χ4v) is 13.7. The van der Waals surface area contributed by atoms with Gasteiger partial charge in [-0.2, -0.15) is 0 Å². The summed E-state index contributed by atoms with van der Waals surface area (Å²) in [5.41, 5.74) is 4.02. The summed E-state index contributed by atoms with van der Waals surface area (Å²) in [7, 11) is -8.49. The van der Waals surface area contributed by atoms with Crippen LogP contribution in [0.3, 0.4) is 0 Å². The highest BCUT2D eigenvalue weighted by Gasteiger charge is 2.55. The minimum Gasteiger partial charge on any atom is -0.480 e. The lowest BCUT2D eigenvalue weighted by Gasteiger charge is -2.39. The Balaban J connectivity index is 0.000000198. The van der Waals surface area contributed by atoms with Gasteiger partial charge < -0.3 is 43.3 Å². The standard InChI is InChI=1S/C31H34N2O8S.C26H25NO7S.C5H11NO2/c34-29(32-41-28-13-7-8-22-38-28)31(18-20-33(21-19-31)30(35)39-23-24-9-3-1-4-10-24)42(36,37)27-16-14-26(15-17-27)40-25-11-5-2-6-12-25;28-24(29)26(15-17-27(18-16-26)25(30)33-19-20-7-3-1-4-8-20)35(31,32)23-13-11-22(12-14-23)34-21-9-5-2-6-10-21;6-8-5-3-1-2-4-7-5/h1-6,9-12,14-17,28H,7-8,13,18-23H2,(H,32,34);1-14H,15-19H2,(H,28,29);5H,1-4,6H2. The van der Waals surface area contributed by atoms with Gasteiger partial charge in [-0.3, -0.25) is 14.4 Å². The van der Waals surface area contributed by atoms with Gasteiger partial charge in [-0.05, 0) is 135 Å². The molecule has 3 amide bonds. The highest BCUT2D eigenvalue weighted by atomic mass is 32.2. The molecule has 0 spiro atoms. The van der Waals surface area contributed by atoms with E-state index < -0.39 is 59.5 Å². The molecule has 6 aromatic rings. The van der Waals surface area contributed by atoms with Gasteiger partial charge in [0, 0.05) is 52.2 Å². The van der Waals surface area contributed by atoms with Gasteiger partial charge in [-0.25, -0.2) is 42.6 Å². The van der Waals surface area contributed by atoms with Crippen molar-refractivity contribution in [1.29, 1.82) is 0 Å². The molecule has 0 saturated carbocycles. The molecule has 4 aliphatic heterocycles. The molecule has 4 N–H and O–H groups in total. The molecule has 4 aliphatic rings. The maximum Gasteiger partial charge on any atom is 0.410 e. The molecule has 23 heteroatoms. The third-order valence-electron chi connectivity index (χ3n) is 14.8. The number of benzene rings is 6. The van der Waals surface area contributed by atoms with Crippen LogP contribution < -0.4 is 20.9 Å². The first-order valence-corrected chi connectivity index (χ1v) is 30.9. The number of carboxylic acids is 1. The number of carbonyl (C=O) groups is 4. The first-order valence-electron chi connectivity index (χ1n) is 28.0. The third-order valence-corrected chi connectivity index (χ3v) is 19.9. The molecular formula is C62H70N4O17S2. The molecule has 4 fully saturated rings. The number of aliphatic carboxylic acids is 1. The van der Waals surface area contributed by atoms with E-state index in [4.69, 9.17) is 39.2 Å². The summed E-state index contributed by atoms with van der Waals surface area (Å²) in [6.45, 7) is 1.39. The van der Waals surface area contributed by atoms with Crippen molar-refractivity contribution in [3.63, 3.8) is 0 Å². The summed E-state index contributed by atoms with van der Waals surface area (Å²) in [5, 5.41) is 9.97. The van der Waals surface area contributed by atoms with E-state index in [9.17, 15) is 41.1 Å². The van der Waals surface area contributed by atoms with Crippen LogP contribution in [0.5, 0.6) is 23.0 Å². The monoisotopic (exact) mass is 1210 g/mol. The molecule has 0 aromatic heterocycles. The molecule has 4 saturated heterocycles. The van der Waals surface area contributed by atoms with E-state index >= 15 is 0 Å². The lowest BCUT2D eigenvalue weighted by atomic mass is 9.95. The molecule has 4 heterocycles. The maximum atomic E-state index is 14.1. The van der Waals surface area contributed by atoms with Crippen LogP contribution in [-0.4, -0.2) is 117 Å². The van der Waals surface area contributed by atoms with Crippen molar-refractivity contribution in [3.8, 4) is 23.0 Å². The Bertz CT molecular complexity index is 3300. The van der Waals surface area contributed by atoms with Gasteiger partial charge in [0.1, 0.15) is 36.2 Å². The molecule has 0 aliphatic carbocycles. The topological polar surface area (TPSA) is 275 Å². The molecule has 85 heavy (non-hydrogen) atoms. The van der Waals surface area contributed by atoms with Gasteiger partial charge >= 0.3 is 18.2 Å². The number of ether oxygens (including phenoxy) is 6. The smallest absolute Gasteiger partial charge is 0.410 e. The zero-order valence-electron chi connectivity index (χ0n) is 46.8. The number of carboxylic acid groups (broad SMARTS) is 1. The van der Waals surface area contributed by atoms with Crippen LogP contribution in [0.4, 0.5) is 9.59 Å². The number of amides is 3. The van der Waals surface area contributed by atoms with E-state index in [1.807, 2.05) is 97.1 Å². The summed E-state index contributed by atoms with van der Waals surface area (Å²) >= 11 is 0. The summed E-state index contributed by atoms with van der Waals surface area (Å²) in [6, 6.07) is 48.2. The van der Waals surface area contributed by atoms with Crippen molar-refractivity contribution < 1.29 is 79.2 Å². The second kappa shape index (κ2) is 30.3. The number of rotatable bonds is 17. The number of nitrogens with zero attached hydrogens (tertiary/aromatic N) is 2. The van der Waals surface area contributed by atoms with E-state index in [0.717, 1.165) is 43.4 Å². The second-order valence-electron chi connectivity index (χ2n) is 20.4. The van der Waals surface area contributed by atoms with Crippen LogP contribution in [0, 0.1) is 0 Å². The highest BCUT2D eigenvalue weighted by Crippen LogP contribution is 2.39. The lowest BCUT2D eigenvalue weighted by molar-refractivity contribution is -0.202. The summed E-state index contributed by atoms with van der Waals surface area (Å²) < 4.78 is 84.1. The SMILES string of the molecule is NOC1CCCCO1.O=C(OCc1ccccc1)N1CCC(C(=O)NOC2CCCCO2)(S(=O)(=O)c2ccc(Oc3ccccc3)cc2)CC1.O=C(OCc1ccccc1)N1CCC(C(=O)O)(S(=O)(=O)c2ccc(Oc3ccccc3)cc2)CC1. The number of hydroxylamine groups is 1. The Labute approximate surface area is 494 Å². The molecular weight excluding hydrogens is 1140 g/mol. The van der Waals surface area contributed by atoms with Crippen molar-refractivity contribution in [2.75, 3.05) is 39.4 Å². The van der Waals surface area contributed by atoms with Crippen LogP contribution >= 0.6 is 0 Å². The molecule has 21 nitrogen and oxygen atoms in total. The van der Waals surface area contributed by atoms with Gasteiger partial charge in [-0.15, -0.1) is 0 Å². The zero-order chi connectivity index (χ0) is 60.1. The average molecular weight is 1210 g/mol. The Morgan fingerprint density at radius 2 is 0.871 bits per heavy atom. The molecule has 2 atom stereocenters. The molecule has 452 valence electrons. The molecule has 0 bridgehead atoms. The summed E-state index contributed by atoms with van der Waals surface area (Å²) in [6.07, 6.45) is 2.88. The van der Waals surface area contributed by atoms with Crippen molar-refractivity contribution in [1.82, 2.24) is 15.3 Å². The minimum atomic E-state index is -4.25. The fraction of sp³-hybridized carbons (Fsp3) is 0.355. The molecule has 10 rings (SSSR count). The number of carbonyl (C=O) groups excluding carboxylic acids is 3. The van der Waals surface area contributed by atoms with Crippen LogP contribution in [0.2, 0.25) is 0 Å². The van der Waals surface area contributed by atoms with Crippen molar-refractivity contribution in [2.24, 2.45) is 5.90 Å². The maximum absolute atomic E-state index is 14.1. The molecule has 2 unspecified atom stereocenters. The summed E-state index contributed by atoms with van der Waals surface area (Å²) in [5.74, 6) is 4.73.